The van der Waals surface area contributed by atoms with Gasteiger partial charge in [0.25, 0.3) is 5.91 Å². The molecule has 2 heterocycles. The molecular formula is C21H22ClNO4S. The van der Waals surface area contributed by atoms with Gasteiger partial charge in [-0.25, -0.2) is 8.42 Å². The molecule has 2 unspecified atom stereocenters. The maximum atomic E-state index is 13.0. The van der Waals surface area contributed by atoms with Gasteiger partial charge in [0.2, 0.25) is 0 Å². The van der Waals surface area contributed by atoms with Crippen LogP contribution in [-0.4, -0.2) is 44.2 Å². The summed E-state index contributed by atoms with van der Waals surface area (Å²) in [5, 5.41) is -0.241. The summed E-state index contributed by atoms with van der Waals surface area (Å²) >= 11 is 6.24. The van der Waals surface area contributed by atoms with Crippen LogP contribution in [0.1, 0.15) is 29.2 Å². The van der Waals surface area contributed by atoms with Gasteiger partial charge in [-0.3, -0.25) is 4.79 Å². The fourth-order valence-corrected chi connectivity index (χ4v) is 6.10. The Kier molecular flexibility index (Phi) is 5.34. The van der Waals surface area contributed by atoms with Crippen molar-refractivity contribution in [3.05, 3.63) is 64.7 Å². The summed E-state index contributed by atoms with van der Waals surface area (Å²) in [6, 6.07) is 14.7. The van der Waals surface area contributed by atoms with Crippen molar-refractivity contribution in [3.8, 4) is 5.75 Å². The SMILES string of the molecule is O=C(C1CCc2ccccc2O1)N1CCC(c2ccccc2Cl)S(=O)(=O)CC1. The fourth-order valence-electron chi connectivity index (χ4n) is 3.95. The van der Waals surface area contributed by atoms with Crippen LogP contribution in [0.4, 0.5) is 0 Å². The van der Waals surface area contributed by atoms with E-state index in [0.29, 0.717) is 30.0 Å². The number of para-hydroxylation sites is 1. The number of aryl methyl sites for hydroxylation is 1. The Bertz CT molecular complexity index is 991. The van der Waals surface area contributed by atoms with E-state index < -0.39 is 21.2 Å². The molecule has 0 bridgehead atoms. The molecule has 0 aromatic heterocycles. The highest BCUT2D eigenvalue weighted by atomic mass is 35.5. The molecule has 2 aliphatic rings. The largest absolute Gasteiger partial charge is 0.480 e. The molecular weight excluding hydrogens is 398 g/mol. The van der Waals surface area contributed by atoms with Gasteiger partial charge in [0.05, 0.1) is 11.0 Å². The van der Waals surface area contributed by atoms with Crippen molar-refractivity contribution in [1.82, 2.24) is 4.90 Å². The average Bonchev–Trinajstić information content (AvgIpc) is 2.85. The first-order valence-electron chi connectivity index (χ1n) is 9.45. The molecule has 148 valence electrons. The van der Waals surface area contributed by atoms with Crippen molar-refractivity contribution < 1.29 is 17.9 Å². The summed E-state index contributed by atoms with van der Waals surface area (Å²) in [5.74, 6) is 0.533. The maximum Gasteiger partial charge on any atom is 0.263 e. The summed E-state index contributed by atoms with van der Waals surface area (Å²) in [6.07, 6.45) is 1.16. The molecule has 2 atom stereocenters. The number of nitrogens with zero attached hydrogens (tertiary/aromatic N) is 1. The molecule has 0 saturated carbocycles. The van der Waals surface area contributed by atoms with E-state index in [-0.39, 0.29) is 18.2 Å². The Morgan fingerprint density at radius 2 is 1.79 bits per heavy atom. The number of sulfone groups is 1. The number of carbonyl (C=O) groups is 1. The lowest BCUT2D eigenvalue weighted by Crippen LogP contribution is -2.44. The van der Waals surface area contributed by atoms with E-state index >= 15 is 0 Å². The van der Waals surface area contributed by atoms with E-state index in [4.69, 9.17) is 16.3 Å². The van der Waals surface area contributed by atoms with Crippen LogP contribution in [0.2, 0.25) is 5.02 Å². The number of halogens is 1. The summed E-state index contributed by atoms with van der Waals surface area (Å²) in [5.41, 5.74) is 1.71. The fraction of sp³-hybridized carbons (Fsp3) is 0.381. The smallest absolute Gasteiger partial charge is 0.263 e. The molecule has 5 nitrogen and oxygen atoms in total. The van der Waals surface area contributed by atoms with Gasteiger partial charge < -0.3 is 9.64 Å². The van der Waals surface area contributed by atoms with E-state index in [9.17, 15) is 13.2 Å². The summed E-state index contributed by atoms with van der Waals surface area (Å²) < 4.78 is 31.6. The molecule has 2 aromatic carbocycles. The first-order chi connectivity index (χ1) is 13.5. The van der Waals surface area contributed by atoms with E-state index in [1.807, 2.05) is 24.3 Å². The summed E-state index contributed by atoms with van der Waals surface area (Å²) in [6.45, 7) is 0.555. The molecule has 1 amide bonds. The standard InChI is InChI=1S/C21H22ClNO4S/c22-17-7-3-2-6-16(17)20-11-12-23(13-14-28(20,25)26)21(24)19-10-9-15-5-1-4-8-18(15)27-19/h1-8,19-20H,9-14H2. The van der Waals surface area contributed by atoms with Gasteiger partial charge in [-0.05, 0) is 42.5 Å². The van der Waals surface area contributed by atoms with Crippen molar-refractivity contribution in [2.24, 2.45) is 0 Å². The molecule has 4 rings (SSSR count). The van der Waals surface area contributed by atoms with E-state index in [1.54, 1.807) is 29.2 Å². The van der Waals surface area contributed by atoms with Crippen LogP contribution in [0.25, 0.3) is 0 Å². The van der Waals surface area contributed by atoms with E-state index in [2.05, 4.69) is 0 Å². The minimum Gasteiger partial charge on any atom is -0.480 e. The number of fused-ring (bicyclic) bond motifs is 1. The molecule has 0 radical (unpaired) electrons. The van der Waals surface area contributed by atoms with Crippen molar-refractivity contribution in [3.63, 3.8) is 0 Å². The highest BCUT2D eigenvalue weighted by Gasteiger charge is 2.36. The van der Waals surface area contributed by atoms with Gasteiger partial charge in [-0.2, -0.15) is 0 Å². The zero-order valence-electron chi connectivity index (χ0n) is 15.4. The number of carbonyl (C=O) groups excluding carboxylic acids is 1. The van der Waals surface area contributed by atoms with Crippen molar-refractivity contribution in [2.75, 3.05) is 18.8 Å². The molecule has 2 aromatic rings. The topological polar surface area (TPSA) is 63.7 Å². The zero-order valence-corrected chi connectivity index (χ0v) is 17.0. The first kappa shape index (κ1) is 19.3. The molecule has 28 heavy (non-hydrogen) atoms. The summed E-state index contributed by atoms with van der Waals surface area (Å²) in [4.78, 5) is 14.6. The van der Waals surface area contributed by atoms with Gasteiger partial charge >= 0.3 is 0 Å². The number of hydrogen-bond acceptors (Lipinski definition) is 4. The molecule has 1 saturated heterocycles. The van der Waals surface area contributed by atoms with Crippen LogP contribution >= 0.6 is 11.6 Å². The molecule has 0 spiro atoms. The van der Waals surface area contributed by atoms with Crippen molar-refractivity contribution in [2.45, 2.75) is 30.6 Å². The van der Waals surface area contributed by atoms with Crippen LogP contribution < -0.4 is 4.74 Å². The normalized spacial score (nSPS) is 24.0. The van der Waals surface area contributed by atoms with Gasteiger partial charge in [-0.15, -0.1) is 0 Å². The second kappa shape index (κ2) is 7.76. The van der Waals surface area contributed by atoms with Gasteiger partial charge in [0.1, 0.15) is 5.75 Å². The minimum atomic E-state index is -3.40. The minimum absolute atomic E-state index is 0.0715. The number of benzene rings is 2. The Hall–Kier alpha value is -2.05. The van der Waals surface area contributed by atoms with E-state index in [0.717, 1.165) is 17.7 Å². The van der Waals surface area contributed by atoms with Gasteiger partial charge in [-0.1, -0.05) is 48.0 Å². The zero-order chi connectivity index (χ0) is 19.7. The Labute approximate surface area is 170 Å². The van der Waals surface area contributed by atoms with E-state index in [1.165, 1.54) is 0 Å². The van der Waals surface area contributed by atoms with Crippen LogP contribution in [0.3, 0.4) is 0 Å². The lowest BCUT2D eigenvalue weighted by Gasteiger charge is -2.30. The Morgan fingerprint density at radius 1 is 1.04 bits per heavy atom. The maximum absolute atomic E-state index is 13.0. The number of ether oxygens (including phenoxy) is 1. The summed E-state index contributed by atoms with van der Waals surface area (Å²) in [7, 11) is -3.40. The third-order valence-corrected chi connectivity index (χ3v) is 7.95. The second-order valence-corrected chi connectivity index (χ2v) is 9.95. The predicted octanol–water partition coefficient (Wildman–Crippen LogP) is 3.42. The lowest BCUT2D eigenvalue weighted by molar-refractivity contribution is -0.139. The van der Waals surface area contributed by atoms with Crippen LogP contribution in [0.5, 0.6) is 5.75 Å². The highest BCUT2D eigenvalue weighted by molar-refractivity contribution is 7.91. The average molecular weight is 420 g/mol. The Morgan fingerprint density at radius 3 is 2.61 bits per heavy atom. The van der Waals surface area contributed by atoms with Crippen molar-refractivity contribution in [1.29, 1.82) is 0 Å². The van der Waals surface area contributed by atoms with Gasteiger partial charge in [0, 0.05) is 18.1 Å². The molecule has 1 fully saturated rings. The van der Waals surface area contributed by atoms with Crippen LogP contribution in [0.15, 0.2) is 48.5 Å². The molecule has 0 aliphatic carbocycles. The number of hydrogen-bond donors (Lipinski definition) is 0. The molecule has 0 N–H and O–H groups in total. The lowest BCUT2D eigenvalue weighted by atomic mass is 10.0. The first-order valence-corrected chi connectivity index (χ1v) is 11.5. The second-order valence-electron chi connectivity index (χ2n) is 7.24. The monoisotopic (exact) mass is 419 g/mol. The Balaban J connectivity index is 1.51. The molecule has 7 heteroatoms. The predicted molar refractivity (Wildman–Crippen MR) is 108 cm³/mol. The molecule has 2 aliphatic heterocycles. The highest BCUT2D eigenvalue weighted by Crippen LogP contribution is 2.34. The van der Waals surface area contributed by atoms with Crippen LogP contribution in [0, 0.1) is 0 Å². The van der Waals surface area contributed by atoms with Gasteiger partial charge in [0.15, 0.2) is 15.9 Å². The van der Waals surface area contributed by atoms with Crippen LogP contribution in [-0.2, 0) is 21.1 Å². The number of rotatable bonds is 2. The quantitative estimate of drug-likeness (QED) is 0.748. The third kappa shape index (κ3) is 3.76. The number of amides is 1. The third-order valence-electron chi connectivity index (χ3n) is 5.50. The van der Waals surface area contributed by atoms with Crippen molar-refractivity contribution >= 4 is 27.3 Å².